The van der Waals surface area contributed by atoms with Crippen LogP contribution in [0.4, 0.5) is 5.82 Å². The van der Waals surface area contributed by atoms with Crippen molar-refractivity contribution in [2.75, 3.05) is 38.7 Å². The minimum absolute atomic E-state index is 0.0322. The molecule has 2 heterocycles. The summed E-state index contributed by atoms with van der Waals surface area (Å²) in [5.74, 6) is 0.388. The third kappa shape index (κ3) is 5.21. The van der Waals surface area contributed by atoms with Crippen molar-refractivity contribution in [3.05, 3.63) is 23.4 Å². The lowest BCUT2D eigenvalue weighted by Crippen LogP contribution is -2.55. The van der Waals surface area contributed by atoms with Crippen LogP contribution in [-0.4, -0.2) is 60.8 Å². The molecule has 1 saturated heterocycles. The Balaban J connectivity index is 1.90. The second-order valence-corrected chi connectivity index (χ2v) is 6.47. The number of nitrogens with zero attached hydrogens (tertiary/aromatic N) is 2. The topological polar surface area (TPSA) is 63.7 Å². The minimum atomic E-state index is -0.305. The number of ether oxygens (including phenoxy) is 2. The lowest BCUT2D eigenvalue weighted by Gasteiger charge is -2.42. The number of pyridine rings is 1. The molecule has 1 fully saturated rings. The maximum Gasteiger partial charge on any atom is 0.239 e. The van der Waals surface area contributed by atoms with Crippen LogP contribution in [0.5, 0.6) is 0 Å². The van der Waals surface area contributed by atoms with E-state index in [0.29, 0.717) is 30.5 Å². The number of rotatable bonds is 5. The average Bonchev–Trinajstić information content (AvgIpc) is 2.39. The van der Waals surface area contributed by atoms with Crippen molar-refractivity contribution >= 4 is 23.3 Å². The summed E-state index contributed by atoms with van der Waals surface area (Å²) < 4.78 is 11.1. The first-order valence-corrected chi connectivity index (χ1v) is 7.56. The summed E-state index contributed by atoms with van der Waals surface area (Å²) in [5.41, 5.74) is -0.305. The van der Waals surface area contributed by atoms with Gasteiger partial charge in [-0.3, -0.25) is 9.69 Å². The third-order valence-electron chi connectivity index (χ3n) is 3.27. The van der Waals surface area contributed by atoms with Crippen LogP contribution in [0.2, 0.25) is 5.02 Å². The summed E-state index contributed by atoms with van der Waals surface area (Å²) in [5, 5.41) is 3.31. The summed E-state index contributed by atoms with van der Waals surface area (Å²) in [6.45, 7) is 6.19. The SMILES string of the molecule is COC[C@H]1CN(CC(=O)Nc2ccc(Cl)cn2)CC(C)(C)O1. The average molecular weight is 328 g/mol. The molecule has 7 heteroatoms. The molecule has 0 saturated carbocycles. The van der Waals surface area contributed by atoms with E-state index in [9.17, 15) is 4.79 Å². The Morgan fingerprint density at radius 2 is 2.36 bits per heavy atom. The van der Waals surface area contributed by atoms with Crippen molar-refractivity contribution in [2.45, 2.75) is 25.6 Å². The van der Waals surface area contributed by atoms with E-state index < -0.39 is 0 Å². The fourth-order valence-corrected chi connectivity index (χ4v) is 2.76. The highest BCUT2D eigenvalue weighted by molar-refractivity contribution is 6.30. The van der Waals surface area contributed by atoms with Crippen molar-refractivity contribution in [3.8, 4) is 0 Å². The lowest BCUT2D eigenvalue weighted by atomic mass is 10.1. The number of aromatic nitrogens is 1. The lowest BCUT2D eigenvalue weighted by molar-refractivity contribution is -0.154. The van der Waals surface area contributed by atoms with Gasteiger partial charge < -0.3 is 14.8 Å². The normalized spacial score (nSPS) is 21.5. The number of hydrogen-bond acceptors (Lipinski definition) is 5. The second kappa shape index (κ2) is 7.37. The Hall–Kier alpha value is -1.21. The number of hydrogen-bond donors (Lipinski definition) is 1. The van der Waals surface area contributed by atoms with Gasteiger partial charge >= 0.3 is 0 Å². The predicted molar refractivity (Wildman–Crippen MR) is 85.1 cm³/mol. The Morgan fingerprint density at radius 1 is 1.59 bits per heavy atom. The van der Waals surface area contributed by atoms with Crippen molar-refractivity contribution in [1.82, 2.24) is 9.88 Å². The van der Waals surface area contributed by atoms with Crippen LogP contribution < -0.4 is 5.32 Å². The number of nitrogens with one attached hydrogen (secondary N) is 1. The van der Waals surface area contributed by atoms with Crippen LogP contribution in [0.15, 0.2) is 18.3 Å². The largest absolute Gasteiger partial charge is 0.382 e. The van der Waals surface area contributed by atoms with Gasteiger partial charge in [0.05, 0.1) is 29.9 Å². The van der Waals surface area contributed by atoms with Gasteiger partial charge in [-0.15, -0.1) is 0 Å². The highest BCUT2D eigenvalue weighted by atomic mass is 35.5. The molecule has 1 atom stereocenters. The van der Waals surface area contributed by atoms with Crippen molar-refractivity contribution in [3.63, 3.8) is 0 Å². The van der Waals surface area contributed by atoms with Crippen molar-refractivity contribution in [1.29, 1.82) is 0 Å². The van der Waals surface area contributed by atoms with Gasteiger partial charge in [0.2, 0.25) is 5.91 Å². The quantitative estimate of drug-likeness (QED) is 0.893. The predicted octanol–water partition coefficient (Wildman–Crippen LogP) is 1.80. The van der Waals surface area contributed by atoms with Gasteiger partial charge in [-0.05, 0) is 26.0 Å². The van der Waals surface area contributed by atoms with Crippen LogP contribution in [0.1, 0.15) is 13.8 Å². The molecule has 1 aromatic rings. The summed E-state index contributed by atoms with van der Waals surface area (Å²) in [6.07, 6.45) is 1.47. The Labute approximate surface area is 135 Å². The number of amides is 1. The first-order chi connectivity index (χ1) is 10.4. The molecule has 1 amide bonds. The highest BCUT2D eigenvalue weighted by Gasteiger charge is 2.34. The van der Waals surface area contributed by atoms with E-state index in [-0.39, 0.29) is 24.2 Å². The van der Waals surface area contributed by atoms with Crippen LogP contribution >= 0.6 is 11.6 Å². The fraction of sp³-hybridized carbons (Fsp3) is 0.600. The summed E-state index contributed by atoms with van der Waals surface area (Å²) in [6, 6.07) is 3.37. The zero-order chi connectivity index (χ0) is 16.2. The summed E-state index contributed by atoms with van der Waals surface area (Å²) in [7, 11) is 1.65. The molecule has 0 aliphatic carbocycles. The van der Waals surface area contributed by atoms with Gasteiger partial charge in [0.1, 0.15) is 5.82 Å². The van der Waals surface area contributed by atoms with Crippen LogP contribution in [0.25, 0.3) is 0 Å². The first kappa shape index (κ1) is 17.1. The fourth-order valence-electron chi connectivity index (χ4n) is 2.65. The maximum atomic E-state index is 12.1. The zero-order valence-electron chi connectivity index (χ0n) is 13.1. The number of carbonyl (C=O) groups is 1. The number of halogens is 1. The number of anilines is 1. The van der Waals surface area contributed by atoms with Crippen molar-refractivity contribution < 1.29 is 14.3 Å². The molecular formula is C15H22ClN3O3. The molecule has 0 aromatic carbocycles. The molecule has 1 aliphatic rings. The van der Waals surface area contributed by atoms with E-state index >= 15 is 0 Å². The van der Waals surface area contributed by atoms with Gasteiger partial charge in [-0.25, -0.2) is 4.98 Å². The molecule has 6 nitrogen and oxygen atoms in total. The Kier molecular flexibility index (Phi) is 5.74. The molecule has 0 spiro atoms. The highest BCUT2D eigenvalue weighted by Crippen LogP contribution is 2.21. The Morgan fingerprint density at radius 3 is 3.00 bits per heavy atom. The number of carbonyl (C=O) groups excluding carboxylic acids is 1. The third-order valence-corrected chi connectivity index (χ3v) is 3.49. The van der Waals surface area contributed by atoms with E-state index in [0.717, 1.165) is 0 Å². The van der Waals surface area contributed by atoms with E-state index in [2.05, 4.69) is 15.2 Å². The van der Waals surface area contributed by atoms with Gasteiger partial charge in [0.15, 0.2) is 0 Å². The molecule has 0 unspecified atom stereocenters. The van der Waals surface area contributed by atoms with Gasteiger partial charge in [-0.1, -0.05) is 11.6 Å². The molecule has 122 valence electrons. The van der Waals surface area contributed by atoms with E-state index in [1.165, 1.54) is 6.20 Å². The first-order valence-electron chi connectivity index (χ1n) is 7.18. The van der Waals surface area contributed by atoms with E-state index in [1.54, 1.807) is 19.2 Å². The molecular weight excluding hydrogens is 306 g/mol. The molecule has 22 heavy (non-hydrogen) atoms. The van der Waals surface area contributed by atoms with Crippen LogP contribution in [0, 0.1) is 0 Å². The van der Waals surface area contributed by atoms with Gasteiger partial charge in [0.25, 0.3) is 0 Å². The summed E-state index contributed by atoms with van der Waals surface area (Å²) >= 11 is 5.77. The van der Waals surface area contributed by atoms with Crippen LogP contribution in [0.3, 0.4) is 0 Å². The molecule has 1 aromatic heterocycles. The smallest absolute Gasteiger partial charge is 0.239 e. The molecule has 1 aliphatic heterocycles. The van der Waals surface area contributed by atoms with Gasteiger partial charge in [-0.2, -0.15) is 0 Å². The molecule has 0 radical (unpaired) electrons. The van der Waals surface area contributed by atoms with E-state index in [1.807, 2.05) is 13.8 Å². The molecule has 0 bridgehead atoms. The molecule has 1 N–H and O–H groups in total. The Bertz CT molecular complexity index is 507. The summed E-state index contributed by atoms with van der Waals surface area (Å²) in [4.78, 5) is 18.3. The minimum Gasteiger partial charge on any atom is -0.382 e. The number of methoxy groups -OCH3 is 1. The standard InChI is InChI=1S/C15H22ClN3O3/c1-15(2)10-19(7-12(22-15)9-21-3)8-14(20)18-13-5-4-11(16)6-17-13/h4-6,12H,7-10H2,1-3H3,(H,17,18,20)/t12-/m1/s1. The maximum absolute atomic E-state index is 12.1. The molecule has 2 rings (SSSR count). The second-order valence-electron chi connectivity index (χ2n) is 6.03. The van der Waals surface area contributed by atoms with Crippen molar-refractivity contribution in [2.24, 2.45) is 0 Å². The monoisotopic (exact) mass is 327 g/mol. The van der Waals surface area contributed by atoms with Crippen LogP contribution in [-0.2, 0) is 14.3 Å². The zero-order valence-corrected chi connectivity index (χ0v) is 13.9. The van der Waals surface area contributed by atoms with E-state index in [4.69, 9.17) is 21.1 Å². The van der Waals surface area contributed by atoms with Gasteiger partial charge in [0, 0.05) is 26.4 Å². The number of morpholine rings is 1.